The van der Waals surface area contributed by atoms with Gasteiger partial charge in [-0.05, 0) is 50.5 Å². The molecule has 1 aromatic rings. The van der Waals surface area contributed by atoms with Gasteiger partial charge in [-0.1, -0.05) is 20.8 Å². The zero-order valence-corrected chi connectivity index (χ0v) is 13.1. The number of aliphatic hydroxyl groups is 1. The van der Waals surface area contributed by atoms with Crippen LogP contribution in [0.1, 0.15) is 63.8 Å². The lowest BCUT2D eigenvalue weighted by atomic mass is 9.77. The average molecular weight is 277 g/mol. The summed E-state index contributed by atoms with van der Waals surface area (Å²) in [4.78, 5) is 9.09. The second kappa shape index (κ2) is 6.08. The average Bonchev–Trinajstić information content (AvgIpc) is 2.41. The molecule has 4 nitrogen and oxygen atoms in total. The summed E-state index contributed by atoms with van der Waals surface area (Å²) in [6.07, 6.45) is 4.27. The molecule has 112 valence electrons. The van der Waals surface area contributed by atoms with Gasteiger partial charge < -0.3 is 10.4 Å². The van der Waals surface area contributed by atoms with Gasteiger partial charge in [0, 0.05) is 11.4 Å². The van der Waals surface area contributed by atoms with E-state index >= 15 is 0 Å². The summed E-state index contributed by atoms with van der Waals surface area (Å²) in [7, 11) is 0. The monoisotopic (exact) mass is 277 g/mol. The number of aryl methyl sites for hydroxylation is 1. The molecule has 0 saturated heterocycles. The largest absolute Gasteiger partial charge is 0.394 e. The molecule has 2 rings (SSSR count). The summed E-state index contributed by atoms with van der Waals surface area (Å²) in [6.45, 7) is 8.69. The summed E-state index contributed by atoms with van der Waals surface area (Å²) in [5, 5.41) is 13.2. The van der Waals surface area contributed by atoms with Gasteiger partial charge in [-0.25, -0.2) is 9.97 Å². The van der Waals surface area contributed by atoms with Crippen LogP contribution in [0.3, 0.4) is 0 Å². The maximum Gasteiger partial charge on any atom is 0.223 e. The van der Waals surface area contributed by atoms with Gasteiger partial charge in [0.15, 0.2) is 0 Å². The molecule has 1 heterocycles. The summed E-state index contributed by atoms with van der Waals surface area (Å²) in [5.74, 6) is 1.80. The third-order valence-corrected chi connectivity index (χ3v) is 4.38. The molecule has 20 heavy (non-hydrogen) atoms. The van der Waals surface area contributed by atoms with Crippen LogP contribution in [-0.2, 0) is 0 Å². The lowest BCUT2D eigenvalue weighted by molar-refractivity contribution is 0.154. The van der Waals surface area contributed by atoms with Crippen LogP contribution in [0.2, 0.25) is 0 Å². The number of nitrogens with zero attached hydrogens (tertiary/aromatic N) is 2. The minimum atomic E-state index is -0.242. The zero-order chi connectivity index (χ0) is 14.8. The van der Waals surface area contributed by atoms with Crippen molar-refractivity contribution >= 4 is 5.95 Å². The lowest BCUT2D eigenvalue weighted by Gasteiger charge is -2.38. The molecule has 0 aromatic carbocycles. The second-order valence-electron chi connectivity index (χ2n) is 6.66. The smallest absolute Gasteiger partial charge is 0.223 e. The molecule has 4 heteroatoms. The standard InChI is InChI=1S/C16H27N3O/c1-11(2)14-9-13(4)17-15(18-14)19-16(10-20)7-5-12(3)6-8-16/h9,11-12,20H,5-8,10H2,1-4H3,(H,17,18,19). The van der Waals surface area contributed by atoms with E-state index in [2.05, 4.69) is 36.1 Å². The molecular formula is C16H27N3O. The third-order valence-electron chi connectivity index (χ3n) is 4.38. The van der Waals surface area contributed by atoms with Crippen molar-refractivity contribution in [2.75, 3.05) is 11.9 Å². The molecule has 0 bridgehead atoms. The first-order chi connectivity index (χ1) is 9.44. The fourth-order valence-electron chi connectivity index (χ4n) is 2.82. The molecule has 1 saturated carbocycles. The number of aromatic nitrogens is 2. The van der Waals surface area contributed by atoms with Crippen LogP contribution in [0.25, 0.3) is 0 Å². The minimum Gasteiger partial charge on any atom is -0.394 e. The molecule has 1 fully saturated rings. The first-order valence-electron chi connectivity index (χ1n) is 7.69. The highest BCUT2D eigenvalue weighted by Gasteiger charge is 2.34. The highest BCUT2D eigenvalue weighted by atomic mass is 16.3. The quantitative estimate of drug-likeness (QED) is 0.887. The van der Waals surface area contributed by atoms with Crippen LogP contribution in [0.15, 0.2) is 6.07 Å². The number of anilines is 1. The molecule has 2 N–H and O–H groups in total. The SMILES string of the molecule is Cc1cc(C(C)C)nc(NC2(CO)CCC(C)CC2)n1. The number of nitrogens with one attached hydrogen (secondary N) is 1. The van der Waals surface area contributed by atoms with E-state index in [4.69, 9.17) is 0 Å². The summed E-state index contributed by atoms with van der Waals surface area (Å²) in [6, 6.07) is 2.03. The fraction of sp³-hybridized carbons (Fsp3) is 0.750. The second-order valence-corrected chi connectivity index (χ2v) is 6.66. The van der Waals surface area contributed by atoms with E-state index < -0.39 is 0 Å². The molecule has 1 aromatic heterocycles. The summed E-state index contributed by atoms with van der Waals surface area (Å²) < 4.78 is 0. The van der Waals surface area contributed by atoms with Crippen molar-refractivity contribution < 1.29 is 5.11 Å². The van der Waals surface area contributed by atoms with Gasteiger partial charge in [0.05, 0.1) is 12.1 Å². The van der Waals surface area contributed by atoms with E-state index in [9.17, 15) is 5.11 Å². The molecule has 0 atom stereocenters. The molecular weight excluding hydrogens is 250 g/mol. The normalized spacial score (nSPS) is 26.8. The number of aliphatic hydroxyl groups excluding tert-OH is 1. The van der Waals surface area contributed by atoms with Gasteiger partial charge in [0.2, 0.25) is 5.95 Å². The minimum absolute atomic E-state index is 0.147. The van der Waals surface area contributed by atoms with E-state index in [1.54, 1.807) is 0 Å². The maximum atomic E-state index is 9.82. The number of hydrogen-bond donors (Lipinski definition) is 2. The maximum absolute atomic E-state index is 9.82. The van der Waals surface area contributed by atoms with E-state index in [-0.39, 0.29) is 12.1 Å². The molecule has 0 aliphatic heterocycles. The van der Waals surface area contributed by atoms with Crippen molar-refractivity contribution in [1.82, 2.24) is 9.97 Å². The number of hydrogen-bond acceptors (Lipinski definition) is 4. The Bertz CT molecular complexity index is 451. The van der Waals surface area contributed by atoms with Gasteiger partial charge in [0.1, 0.15) is 0 Å². The van der Waals surface area contributed by atoms with Crippen molar-refractivity contribution in [1.29, 1.82) is 0 Å². The fourth-order valence-corrected chi connectivity index (χ4v) is 2.82. The highest BCUT2D eigenvalue weighted by molar-refractivity contribution is 5.33. The van der Waals surface area contributed by atoms with Crippen molar-refractivity contribution in [3.05, 3.63) is 17.5 Å². The van der Waals surface area contributed by atoms with E-state index in [0.29, 0.717) is 11.9 Å². The highest BCUT2D eigenvalue weighted by Crippen LogP contribution is 2.33. The predicted molar refractivity (Wildman–Crippen MR) is 81.9 cm³/mol. The zero-order valence-electron chi connectivity index (χ0n) is 13.1. The molecule has 0 spiro atoms. The molecule has 1 aliphatic carbocycles. The Morgan fingerprint density at radius 3 is 2.55 bits per heavy atom. The van der Waals surface area contributed by atoms with Gasteiger partial charge in [-0.2, -0.15) is 0 Å². The van der Waals surface area contributed by atoms with Crippen LogP contribution >= 0.6 is 0 Å². The first-order valence-corrected chi connectivity index (χ1v) is 7.69. The number of rotatable bonds is 4. The first kappa shape index (κ1) is 15.2. The van der Waals surface area contributed by atoms with Crippen molar-refractivity contribution in [3.8, 4) is 0 Å². The Hall–Kier alpha value is -1.16. The van der Waals surface area contributed by atoms with Gasteiger partial charge in [-0.3, -0.25) is 0 Å². The topological polar surface area (TPSA) is 58.0 Å². The van der Waals surface area contributed by atoms with E-state index in [1.165, 1.54) is 0 Å². The Labute approximate surface area is 122 Å². The van der Waals surface area contributed by atoms with Crippen LogP contribution in [-0.4, -0.2) is 27.2 Å². The van der Waals surface area contributed by atoms with Crippen molar-refractivity contribution in [2.45, 2.75) is 64.8 Å². The van der Waals surface area contributed by atoms with E-state index in [1.807, 2.05) is 13.0 Å². The molecule has 0 amide bonds. The molecule has 0 radical (unpaired) electrons. The van der Waals surface area contributed by atoms with Gasteiger partial charge in [-0.15, -0.1) is 0 Å². The molecule has 0 unspecified atom stereocenters. The van der Waals surface area contributed by atoms with Crippen molar-refractivity contribution in [3.63, 3.8) is 0 Å². The Kier molecular flexibility index (Phi) is 4.63. The van der Waals surface area contributed by atoms with Crippen LogP contribution in [0, 0.1) is 12.8 Å². The Balaban J connectivity index is 2.19. The van der Waals surface area contributed by atoms with Crippen LogP contribution in [0.5, 0.6) is 0 Å². The summed E-state index contributed by atoms with van der Waals surface area (Å²) in [5.41, 5.74) is 1.79. The lowest BCUT2D eigenvalue weighted by Crippen LogP contribution is -2.45. The van der Waals surface area contributed by atoms with Gasteiger partial charge in [0.25, 0.3) is 0 Å². The van der Waals surface area contributed by atoms with Crippen molar-refractivity contribution in [2.24, 2.45) is 5.92 Å². The van der Waals surface area contributed by atoms with E-state index in [0.717, 1.165) is 43.0 Å². The Morgan fingerprint density at radius 1 is 1.35 bits per heavy atom. The van der Waals surface area contributed by atoms with Crippen LogP contribution < -0.4 is 5.32 Å². The Morgan fingerprint density at radius 2 is 2.00 bits per heavy atom. The molecule has 1 aliphatic rings. The third kappa shape index (κ3) is 3.48. The van der Waals surface area contributed by atoms with Gasteiger partial charge >= 0.3 is 0 Å². The summed E-state index contributed by atoms with van der Waals surface area (Å²) >= 11 is 0. The predicted octanol–water partition coefficient (Wildman–Crippen LogP) is 3.26. The van der Waals surface area contributed by atoms with Crippen LogP contribution in [0.4, 0.5) is 5.95 Å².